The van der Waals surface area contributed by atoms with E-state index in [0.29, 0.717) is 6.42 Å². The quantitative estimate of drug-likeness (QED) is 0.687. The summed E-state index contributed by atoms with van der Waals surface area (Å²) in [6.45, 7) is 13.3. The molecule has 1 saturated heterocycles. The van der Waals surface area contributed by atoms with Crippen LogP contribution in [-0.4, -0.2) is 46.3 Å². The SMILES string of the molecule is CC(C)=CCN1CCC(NC(=O)Cc2c(C)nn(-c3ccc(C)c(Cl)c3)c2C)CC1. The van der Waals surface area contributed by atoms with Gasteiger partial charge in [-0.05, 0) is 65.2 Å². The first-order chi connectivity index (χ1) is 14.2. The van der Waals surface area contributed by atoms with Crippen LogP contribution in [0.3, 0.4) is 0 Å². The average molecular weight is 429 g/mol. The monoisotopic (exact) mass is 428 g/mol. The summed E-state index contributed by atoms with van der Waals surface area (Å²) in [7, 11) is 0. The maximum Gasteiger partial charge on any atom is 0.224 e. The van der Waals surface area contributed by atoms with Gasteiger partial charge in [-0.1, -0.05) is 29.3 Å². The maximum atomic E-state index is 12.7. The molecule has 1 fully saturated rings. The van der Waals surface area contributed by atoms with E-state index in [4.69, 9.17) is 11.6 Å². The Morgan fingerprint density at radius 3 is 2.57 bits per heavy atom. The molecule has 5 nitrogen and oxygen atoms in total. The number of nitrogens with one attached hydrogen (secondary N) is 1. The molecule has 0 atom stereocenters. The average Bonchev–Trinajstić information content (AvgIpc) is 2.97. The van der Waals surface area contributed by atoms with E-state index >= 15 is 0 Å². The second kappa shape index (κ2) is 9.80. The van der Waals surface area contributed by atoms with Gasteiger partial charge >= 0.3 is 0 Å². The number of amides is 1. The van der Waals surface area contributed by atoms with Gasteiger partial charge in [0.05, 0.1) is 17.8 Å². The summed E-state index contributed by atoms with van der Waals surface area (Å²) in [5, 5.41) is 8.61. The Morgan fingerprint density at radius 2 is 1.93 bits per heavy atom. The van der Waals surface area contributed by atoms with E-state index in [9.17, 15) is 4.79 Å². The topological polar surface area (TPSA) is 50.2 Å². The summed E-state index contributed by atoms with van der Waals surface area (Å²) in [5.41, 5.74) is 6.17. The number of halogens is 1. The van der Waals surface area contributed by atoms with Crippen LogP contribution in [0.1, 0.15) is 49.2 Å². The minimum atomic E-state index is 0.0745. The minimum absolute atomic E-state index is 0.0745. The molecule has 1 aliphatic rings. The highest BCUT2D eigenvalue weighted by Crippen LogP contribution is 2.23. The number of hydrogen-bond donors (Lipinski definition) is 1. The standard InChI is InChI=1S/C24H33ClN4O/c1-16(2)8-11-28-12-9-20(10-13-28)26-24(30)15-22-18(4)27-29(19(22)5)21-7-6-17(3)23(25)14-21/h6-8,14,20H,9-13,15H2,1-5H3,(H,26,30). The first kappa shape index (κ1) is 22.6. The Balaban J connectivity index is 1.60. The van der Waals surface area contributed by atoms with Crippen molar-refractivity contribution in [3.63, 3.8) is 0 Å². The number of allylic oxidation sites excluding steroid dienone is 1. The molecule has 162 valence electrons. The van der Waals surface area contributed by atoms with E-state index in [1.165, 1.54) is 5.57 Å². The predicted molar refractivity (Wildman–Crippen MR) is 124 cm³/mol. The van der Waals surface area contributed by atoms with Crippen LogP contribution in [0.25, 0.3) is 5.69 Å². The number of rotatable bonds is 6. The molecule has 1 aliphatic heterocycles. The van der Waals surface area contributed by atoms with Gasteiger partial charge in [0.15, 0.2) is 0 Å². The Labute approximate surface area is 185 Å². The van der Waals surface area contributed by atoms with E-state index in [-0.39, 0.29) is 11.9 Å². The molecule has 1 amide bonds. The van der Waals surface area contributed by atoms with Crippen LogP contribution in [0.5, 0.6) is 0 Å². The van der Waals surface area contributed by atoms with E-state index in [1.54, 1.807) is 0 Å². The molecule has 0 saturated carbocycles. The molecule has 2 aromatic rings. The summed E-state index contributed by atoms with van der Waals surface area (Å²) in [6.07, 6.45) is 4.63. The van der Waals surface area contributed by atoms with Crippen LogP contribution >= 0.6 is 11.6 Å². The zero-order valence-electron chi connectivity index (χ0n) is 18.8. The summed E-state index contributed by atoms with van der Waals surface area (Å²) in [4.78, 5) is 15.2. The van der Waals surface area contributed by atoms with Crippen LogP contribution in [0.2, 0.25) is 5.02 Å². The molecule has 1 N–H and O–H groups in total. The van der Waals surface area contributed by atoms with Crippen molar-refractivity contribution in [2.45, 2.75) is 59.9 Å². The summed E-state index contributed by atoms with van der Waals surface area (Å²) in [6, 6.07) is 6.17. The largest absolute Gasteiger partial charge is 0.353 e. The van der Waals surface area contributed by atoms with Gasteiger partial charge in [-0.15, -0.1) is 0 Å². The fourth-order valence-electron chi connectivity index (χ4n) is 3.91. The summed E-state index contributed by atoms with van der Waals surface area (Å²) in [5.74, 6) is 0.0745. The van der Waals surface area contributed by atoms with Crippen LogP contribution in [0.15, 0.2) is 29.8 Å². The first-order valence-electron chi connectivity index (χ1n) is 10.7. The predicted octanol–water partition coefficient (Wildman–Crippen LogP) is 4.54. The molecule has 3 rings (SSSR count). The van der Waals surface area contributed by atoms with Crippen LogP contribution in [0.4, 0.5) is 0 Å². The number of aryl methyl sites for hydroxylation is 2. The molecule has 0 bridgehead atoms. The minimum Gasteiger partial charge on any atom is -0.353 e. The van der Waals surface area contributed by atoms with E-state index < -0.39 is 0 Å². The molecular weight excluding hydrogens is 396 g/mol. The molecule has 0 unspecified atom stereocenters. The molecule has 30 heavy (non-hydrogen) atoms. The number of aromatic nitrogens is 2. The molecule has 0 aliphatic carbocycles. The second-order valence-corrected chi connectivity index (χ2v) is 9.00. The summed E-state index contributed by atoms with van der Waals surface area (Å²) >= 11 is 6.29. The van der Waals surface area contributed by atoms with Gasteiger partial charge in [0.25, 0.3) is 0 Å². The highest BCUT2D eigenvalue weighted by molar-refractivity contribution is 6.31. The van der Waals surface area contributed by atoms with Crippen molar-refractivity contribution in [3.05, 3.63) is 57.4 Å². The van der Waals surface area contributed by atoms with Crippen molar-refractivity contribution in [1.29, 1.82) is 0 Å². The molecular formula is C24H33ClN4O. The van der Waals surface area contributed by atoms with E-state index in [0.717, 1.165) is 65.7 Å². The number of likely N-dealkylation sites (tertiary alicyclic amines) is 1. The fourth-order valence-corrected chi connectivity index (χ4v) is 4.08. The third-order valence-electron chi connectivity index (χ3n) is 5.89. The molecule has 0 radical (unpaired) electrons. The van der Waals surface area contributed by atoms with Crippen LogP contribution < -0.4 is 5.32 Å². The zero-order chi connectivity index (χ0) is 21.8. The number of benzene rings is 1. The molecule has 1 aromatic heterocycles. The first-order valence-corrected chi connectivity index (χ1v) is 11.1. The number of nitrogens with zero attached hydrogens (tertiary/aromatic N) is 3. The van der Waals surface area contributed by atoms with Gasteiger partial charge in [-0.25, -0.2) is 4.68 Å². The lowest BCUT2D eigenvalue weighted by Crippen LogP contribution is -2.45. The summed E-state index contributed by atoms with van der Waals surface area (Å²) < 4.78 is 1.88. The van der Waals surface area contributed by atoms with Gasteiger partial charge in [0.1, 0.15) is 0 Å². The maximum absolute atomic E-state index is 12.7. The Hall–Kier alpha value is -2.11. The number of carbonyl (C=O) groups is 1. The van der Waals surface area contributed by atoms with Gasteiger partial charge in [-0.3, -0.25) is 9.69 Å². The van der Waals surface area contributed by atoms with E-state index in [2.05, 4.69) is 35.2 Å². The number of carbonyl (C=O) groups excluding carboxylic acids is 1. The Kier molecular flexibility index (Phi) is 7.37. The van der Waals surface area contributed by atoms with Crippen molar-refractivity contribution in [2.24, 2.45) is 0 Å². The highest BCUT2D eigenvalue weighted by Gasteiger charge is 2.22. The second-order valence-electron chi connectivity index (χ2n) is 8.60. The van der Waals surface area contributed by atoms with Crippen LogP contribution in [0, 0.1) is 20.8 Å². The Morgan fingerprint density at radius 1 is 1.23 bits per heavy atom. The van der Waals surface area contributed by atoms with Gasteiger partial charge in [0.2, 0.25) is 5.91 Å². The lowest BCUT2D eigenvalue weighted by Gasteiger charge is -2.31. The third kappa shape index (κ3) is 5.52. The molecule has 6 heteroatoms. The lowest BCUT2D eigenvalue weighted by atomic mass is 10.0. The van der Waals surface area contributed by atoms with Gasteiger partial charge < -0.3 is 5.32 Å². The highest BCUT2D eigenvalue weighted by atomic mass is 35.5. The van der Waals surface area contributed by atoms with Crippen molar-refractivity contribution in [3.8, 4) is 5.69 Å². The third-order valence-corrected chi connectivity index (χ3v) is 6.30. The van der Waals surface area contributed by atoms with Gasteiger partial charge in [-0.2, -0.15) is 5.10 Å². The van der Waals surface area contributed by atoms with Crippen LogP contribution in [-0.2, 0) is 11.2 Å². The van der Waals surface area contributed by atoms with Gasteiger partial charge in [0, 0.05) is 42.0 Å². The van der Waals surface area contributed by atoms with Crippen molar-refractivity contribution in [2.75, 3.05) is 19.6 Å². The Bertz CT molecular complexity index is 935. The zero-order valence-corrected chi connectivity index (χ0v) is 19.5. The molecule has 0 spiro atoms. The molecule has 1 aromatic carbocycles. The smallest absolute Gasteiger partial charge is 0.224 e. The van der Waals surface area contributed by atoms with Crippen molar-refractivity contribution >= 4 is 17.5 Å². The fraction of sp³-hybridized carbons (Fsp3) is 0.500. The van der Waals surface area contributed by atoms with Crippen molar-refractivity contribution < 1.29 is 4.79 Å². The van der Waals surface area contributed by atoms with E-state index in [1.807, 2.05) is 43.7 Å². The lowest BCUT2D eigenvalue weighted by molar-refractivity contribution is -0.121. The number of hydrogen-bond acceptors (Lipinski definition) is 3. The number of piperidine rings is 1. The molecule has 2 heterocycles. The van der Waals surface area contributed by atoms with Crippen molar-refractivity contribution in [1.82, 2.24) is 20.0 Å². The normalized spacial score (nSPS) is 15.3.